The fourth-order valence-electron chi connectivity index (χ4n) is 1.36. The molecule has 0 aromatic carbocycles. The van der Waals surface area contributed by atoms with Gasteiger partial charge in [-0.2, -0.15) is 26.3 Å². The lowest BCUT2D eigenvalue weighted by molar-refractivity contribution is -0.383. The third kappa shape index (κ3) is 2.56. The molecule has 0 aliphatic heterocycles. The predicted octanol–water partition coefficient (Wildman–Crippen LogP) is 3.28. The van der Waals surface area contributed by atoms with Crippen LogP contribution in [0.1, 0.15) is 26.7 Å². The van der Waals surface area contributed by atoms with Crippen LogP contribution in [0.3, 0.4) is 0 Å². The highest BCUT2D eigenvalue weighted by Crippen LogP contribution is 2.48. The van der Waals surface area contributed by atoms with Crippen molar-refractivity contribution in [1.29, 1.82) is 0 Å². The van der Waals surface area contributed by atoms with Crippen molar-refractivity contribution >= 4 is 0 Å². The van der Waals surface area contributed by atoms with Gasteiger partial charge in [-0.15, -0.1) is 0 Å². The van der Waals surface area contributed by atoms with Crippen molar-refractivity contribution in [1.82, 2.24) is 0 Å². The number of aliphatic hydroxyl groups is 1. The summed E-state index contributed by atoms with van der Waals surface area (Å²) in [5.74, 6) is -1.91. The molecule has 15 heavy (non-hydrogen) atoms. The molecule has 0 fully saturated rings. The Kier molecular flexibility index (Phi) is 4.06. The highest BCUT2D eigenvalue weighted by atomic mass is 19.4. The van der Waals surface area contributed by atoms with Crippen molar-refractivity contribution in [3.05, 3.63) is 0 Å². The lowest BCUT2D eigenvalue weighted by Gasteiger charge is -2.37. The van der Waals surface area contributed by atoms with Gasteiger partial charge in [0.2, 0.25) is 0 Å². The summed E-state index contributed by atoms with van der Waals surface area (Å²) in [6.45, 7) is 2.19. The molecule has 1 nitrogen and oxygen atoms in total. The zero-order valence-electron chi connectivity index (χ0n) is 8.21. The molecule has 0 aromatic heterocycles. The molecule has 1 N–H and O–H groups in total. The molecule has 0 saturated heterocycles. The minimum absolute atomic E-state index is 0.135. The second-order valence-corrected chi connectivity index (χ2v) is 3.45. The van der Waals surface area contributed by atoms with Gasteiger partial charge in [0, 0.05) is 5.92 Å². The van der Waals surface area contributed by atoms with Gasteiger partial charge in [0.15, 0.2) is 0 Å². The fraction of sp³-hybridized carbons (Fsp3) is 1.00. The fourth-order valence-corrected chi connectivity index (χ4v) is 1.36. The number of rotatable bonds is 3. The summed E-state index contributed by atoms with van der Waals surface area (Å²) in [5, 5.41) is 8.83. The van der Waals surface area contributed by atoms with Gasteiger partial charge in [0.05, 0.1) is 0 Å². The van der Waals surface area contributed by atoms with Crippen molar-refractivity contribution in [3.8, 4) is 0 Å². The van der Waals surface area contributed by atoms with E-state index in [0.717, 1.165) is 6.92 Å². The van der Waals surface area contributed by atoms with E-state index in [1.807, 2.05) is 0 Å². The molecule has 0 aliphatic carbocycles. The first-order chi connectivity index (χ1) is 6.48. The Labute approximate surface area is 83.1 Å². The van der Waals surface area contributed by atoms with Gasteiger partial charge < -0.3 is 5.11 Å². The molecule has 0 aliphatic rings. The molecule has 1 atom stereocenters. The molecule has 7 heteroatoms. The van der Waals surface area contributed by atoms with Gasteiger partial charge in [0.25, 0.3) is 5.60 Å². The Morgan fingerprint density at radius 3 is 1.53 bits per heavy atom. The number of halogens is 6. The van der Waals surface area contributed by atoms with E-state index in [2.05, 4.69) is 0 Å². The maximum absolute atomic E-state index is 12.2. The minimum atomic E-state index is -5.71. The zero-order chi connectivity index (χ0) is 12.5. The van der Waals surface area contributed by atoms with E-state index in [0.29, 0.717) is 0 Å². The maximum atomic E-state index is 12.2. The van der Waals surface area contributed by atoms with Crippen LogP contribution in [-0.2, 0) is 0 Å². The smallest absolute Gasteiger partial charge is 0.373 e. The summed E-state index contributed by atoms with van der Waals surface area (Å²) in [6.07, 6.45) is -11.6. The first-order valence-corrected chi connectivity index (χ1v) is 4.34. The Bertz CT molecular complexity index is 192. The standard InChI is InChI=1S/C8H12F6O/c1-3-4-5(2)6(15,7(9,10)11)8(12,13)14/h5,15H,3-4H2,1-2H3. The molecule has 0 heterocycles. The number of hydrogen-bond acceptors (Lipinski definition) is 1. The largest absolute Gasteiger partial charge is 0.426 e. The van der Waals surface area contributed by atoms with Crippen LogP contribution >= 0.6 is 0 Å². The lowest BCUT2D eigenvalue weighted by atomic mass is 9.84. The molecule has 0 spiro atoms. The molecule has 0 rings (SSSR count). The van der Waals surface area contributed by atoms with Gasteiger partial charge in [-0.1, -0.05) is 20.3 Å². The normalized spacial score (nSPS) is 16.6. The molecular weight excluding hydrogens is 226 g/mol. The second-order valence-electron chi connectivity index (χ2n) is 3.45. The highest BCUT2D eigenvalue weighted by Gasteiger charge is 2.72. The summed E-state index contributed by atoms with van der Waals surface area (Å²) < 4.78 is 73.2. The quantitative estimate of drug-likeness (QED) is 0.748. The SMILES string of the molecule is CCCC(C)C(O)(C(F)(F)F)C(F)(F)F. The Morgan fingerprint density at radius 1 is 1.00 bits per heavy atom. The second kappa shape index (κ2) is 4.19. The van der Waals surface area contributed by atoms with Crippen LogP contribution in [0, 0.1) is 5.92 Å². The van der Waals surface area contributed by atoms with Crippen molar-refractivity contribution in [2.45, 2.75) is 44.6 Å². The van der Waals surface area contributed by atoms with Crippen molar-refractivity contribution in [2.24, 2.45) is 5.92 Å². The van der Waals surface area contributed by atoms with Crippen LogP contribution in [0.15, 0.2) is 0 Å². The van der Waals surface area contributed by atoms with Crippen molar-refractivity contribution in [2.75, 3.05) is 0 Å². The first-order valence-electron chi connectivity index (χ1n) is 4.34. The molecule has 92 valence electrons. The van der Waals surface area contributed by atoms with Crippen molar-refractivity contribution in [3.63, 3.8) is 0 Å². The Morgan fingerprint density at radius 2 is 1.33 bits per heavy atom. The summed E-state index contributed by atoms with van der Waals surface area (Å²) in [6, 6.07) is 0. The Hall–Kier alpha value is -0.460. The molecular formula is C8H12F6O. The lowest BCUT2D eigenvalue weighted by Crippen LogP contribution is -2.60. The van der Waals surface area contributed by atoms with Crippen LogP contribution in [0.2, 0.25) is 0 Å². The Balaban J connectivity index is 5.23. The summed E-state index contributed by atoms with van der Waals surface area (Å²) in [5.41, 5.74) is -4.62. The number of hydrogen-bond donors (Lipinski definition) is 1. The molecule has 0 radical (unpaired) electrons. The van der Waals surface area contributed by atoms with E-state index >= 15 is 0 Å². The highest BCUT2D eigenvalue weighted by molar-refractivity contribution is 4.97. The van der Waals surface area contributed by atoms with Crippen LogP contribution in [-0.4, -0.2) is 23.1 Å². The van der Waals surface area contributed by atoms with Gasteiger partial charge >= 0.3 is 12.4 Å². The molecule has 1 unspecified atom stereocenters. The number of alkyl halides is 6. The van der Waals surface area contributed by atoms with Crippen LogP contribution in [0.5, 0.6) is 0 Å². The first kappa shape index (κ1) is 14.5. The topological polar surface area (TPSA) is 20.2 Å². The van der Waals surface area contributed by atoms with Crippen LogP contribution < -0.4 is 0 Å². The van der Waals surface area contributed by atoms with E-state index in [4.69, 9.17) is 5.11 Å². The molecule has 0 aromatic rings. The van der Waals surface area contributed by atoms with Crippen molar-refractivity contribution < 1.29 is 31.4 Å². The average Bonchev–Trinajstić information content (AvgIpc) is 1.99. The van der Waals surface area contributed by atoms with Gasteiger partial charge in [-0.3, -0.25) is 0 Å². The van der Waals surface area contributed by atoms with E-state index in [1.165, 1.54) is 6.92 Å². The van der Waals surface area contributed by atoms with E-state index in [9.17, 15) is 26.3 Å². The monoisotopic (exact) mass is 238 g/mol. The maximum Gasteiger partial charge on any atom is 0.426 e. The average molecular weight is 238 g/mol. The molecule has 0 bridgehead atoms. The van der Waals surface area contributed by atoms with Gasteiger partial charge in [-0.05, 0) is 6.42 Å². The minimum Gasteiger partial charge on any atom is -0.373 e. The summed E-state index contributed by atoms with van der Waals surface area (Å²) in [7, 11) is 0. The van der Waals surface area contributed by atoms with E-state index in [-0.39, 0.29) is 12.8 Å². The summed E-state index contributed by atoms with van der Waals surface area (Å²) >= 11 is 0. The van der Waals surface area contributed by atoms with Gasteiger partial charge in [-0.25, -0.2) is 0 Å². The third-order valence-electron chi connectivity index (χ3n) is 2.30. The predicted molar refractivity (Wildman–Crippen MR) is 41.1 cm³/mol. The van der Waals surface area contributed by atoms with Gasteiger partial charge in [0.1, 0.15) is 0 Å². The molecule has 0 saturated carbocycles. The summed E-state index contributed by atoms with van der Waals surface area (Å²) in [4.78, 5) is 0. The third-order valence-corrected chi connectivity index (χ3v) is 2.30. The van der Waals surface area contributed by atoms with E-state index < -0.39 is 23.9 Å². The van der Waals surface area contributed by atoms with E-state index in [1.54, 1.807) is 0 Å². The molecule has 0 amide bonds. The van der Waals surface area contributed by atoms with Crippen LogP contribution in [0.25, 0.3) is 0 Å². The zero-order valence-corrected chi connectivity index (χ0v) is 8.21. The van der Waals surface area contributed by atoms with Crippen LogP contribution in [0.4, 0.5) is 26.3 Å².